The van der Waals surface area contributed by atoms with Crippen LogP contribution in [0.5, 0.6) is 0 Å². The van der Waals surface area contributed by atoms with Crippen LogP contribution in [-0.4, -0.2) is 30.1 Å². The van der Waals surface area contributed by atoms with E-state index in [-0.39, 0.29) is 5.82 Å². The second-order valence-corrected chi connectivity index (χ2v) is 6.07. The highest BCUT2D eigenvalue weighted by molar-refractivity contribution is 5.30. The van der Waals surface area contributed by atoms with Crippen molar-refractivity contribution in [3.05, 3.63) is 34.6 Å². The molecule has 0 spiro atoms. The van der Waals surface area contributed by atoms with Gasteiger partial charge in [0.25, 0.3) is 0 Å². The first-order valence-electron chi connectivity index (χ1n) is 7.38. The van der Waals surface area contributed by atoms with E-state index in [2.05, 4.69) is 10.2 Å². The minimum absolute atomic E-state index is 0.0633. The summed E-state index contributed by atoms with van der Waals surface area (Å²) in [6.07, 6.45) is 3.93. The number of hydrogen-bond donors (Lipinski definition) is 1. The summed E-state index contributed by atoms with van der Waals surface area (Å²) in [6.45, 7) is 7.07. The molecule has 0 amide bonds. The summed E-state index contributed by atoms with van der Waals surface area (Å²) in [5.74, 6) is -0.0633. The molecule has 104 valence electrons. The van der Waals surface area contributed by atoms with Crippen LogP contribution in [0.15, 0.2) is 12.1 Å². The minimum atomic E-state index is -0.0633. The fraction of sp³-hybridized carbons (Fsp3) is 0.625. The van der Waals surface area contributed by atoms with Crippen molar-refractivity contribution >= 4 is 0 Å². The lowest BCUT2D eigenvalue weighted by Gasteiger charge is -2.21. The Hall–Kier alpha value is -0.930. The van der Waals surface area contributed by atoms with Crippen LogP contribution in [0.3, 0.4) is 0 Å². The van der Waals surface area contributed by atoms with Crippen molar-refractivity contribution in [3.8, 4) is 0 Å². The van der Waals surface area contributed by atoms with Gasteiger partial charge < -0.3 is 5.32 Å². The van der Waals surface area contributed by atoms with Gasteiger partial charge in [0.1, 0.15) is 5.82 Å². The van der Waals surface area contributed by atoms with Crippen LogP contribution in [0.2, 0.25) is 0 Å². The average Bonchev–Trinajstić information content (AvgIpc) is 2.96. The van der Waals surface area contributed by atoms with Gasteiger partial charge in [0.05, 0.1) is 0 Å². The van der Waals surface area contributed by atoms with Gasteiger partial charge in [-0.15, -0.1) is 0 Å². The molecule has 2 aliphatic heterocycles. The Kier molecular flexibility index (Phi) is 3.59. The second kappa shape index (κ2) is 5.22. The Balaban J connectivity index is 1.63. The Labute approximate surface area is 115 Å². The van der Waals surface area contributed by atoms with Crippen LogP contribution >= 0.6 is 0 Å². The third-order valence-corrected chi connectivity index (χ3v) is 4.67. The highest BCUT2D eigenvalue weighted by Gasteiger charge is 2.36. The average molecular weight is 262 g/mol. The molecule has 0 aliphatic carbocycles. The molecule has 1 aromatic carbocycles. The third-order valence-electron chi connectivity index (χ3n) is 4.67. The van der Waals surface area contributed by atoms with Gasteiger partial charge in [-0.05, 0) is 56.3 Å². The van der Waals surface area contributed by atoms with Gasteiger partial charge in [-0.2, -0.15) is 0 Å². The van der Waals surface area contributed by atoms with Crippen LogP contribution in [0.25, 0.3) is 0 Å². The molecule has 2 aliphatic rings. The Morgan fingerprint density at radius 2 is 1.95 bits per heavy atom. The first kappa shape index (κ1) is 13.1. The lowest BCUT2D eigenvalue weighted by Crippen LogP contribution is -2.38. The largest absolute Gasteiger partial charge is 0.308 e. The Morgan fingerprint density at radius 3 is 2.68 bits per heavy atom. The lowest BCUT2D eigenvalue weighted by atomic mass is 10.0. The molecule has 3 heteroatoms. The van der Waals surface area contributed by atoms with E-state index in [1.54, 1.807) is 0 Å². The van der Waals surface area contributed by atoms with Crippen LogP contribution in [0.4, 0.5) is 4.39 Å². The molecule has 0 bridgehead atoms. The minimum Gasteiger partial charge on any atom is -0.308 e. The molecule has 2 atom stereocenters. The number of hydrogen-bond acceptors (Lipinski definition) is 2. The quantitative estimate of drug-likeness (QED) is 0.901. The molecular weight excluding hydrogens is 239 g/mol. The number of fused-ring (bicyclic) bond motifs is 1. The molecule has 2 saturated heterocycles. The van der Waals surface area contributed by atoms with Crippen molar-refractivity contribution in [1.82, 2.24) is 10.2 Å². The van der Waals surface area contributed by atoms with E-state index < -0.39 is 0 Å². The molecule has 2 heterocycles. The van der Waals surface area contributed by atoms with E-state index in [1.807, 2.05) is 26.0 Å². The van der Waals surface area contributed by atoms with Gasteiger partial charge in [-0.3, -0.25) is 4.90 Å². The van der Waals surface area contributed by atoms with Gasteiger partial charge >= 0.3 is 0 Å². The number of aryl methyl sites for hydroxylation is 2. The van der Waals surface area contributed by atoms with E-state index >= 15 is 0 Å². The fourth-order valence-electron chi connectivity index (χ4n) is 3.71. The van der Waals surface area contributed by atoms with Crippen molar-refractivity contribution in [3.63, 3.8) is 0 Å². The molecule has 1 N–H and O–H groups in total. The SMILES string of the molecule is Cc1cc(CNC2CCN3CCCC23)cc(C)c1F. The zero-order valence-corrected chi connectivity index (χ0v) is 11.9. The summed E-state index contributed by atoms with van der Waals surface area (Å²) >= 11 is 0. The molecule has 0 aromatic heterocycles. The maximum Gasteiger partial charge on any atom is 0.129 e. The zero-order chi connectivity index (χ0) is 13.4. The highest BCUT2D eigenvalue weighted by Crippen LogP contribution is 2.28. The van der Waals surface area contributed by atoms with E-state index in [4.69, 9.17) is 0 Å². The Morgan fingerprint density at radius 1 is 1.21 bits per heavy atom. The first-order valence-corrected chi connectivity index (χ1v) is 7.38. The van der Waals surface area contributed by atoms with Crippen molar-refractivity contribution in [1.29, 1.82) is 0 Å². The molecule has 1 aromatic rings. The van der Waals surface area contributed by atoms with Crippen molar-refractivity contribution in [2.24, 2.45) is 0 Å². The van der Waals surface area contributed by atoms with E-state index in [0.717, 1.165) is 23.7 Å². The monoisotopic (exact) mass is 262 g/mol. The smallest absolute Gasteiger partial charge is 0.129 e. The molecule has 0 saturated carbocycles. The number of nitrogens with zero attached hydrogens (tertiary/aromatic N) is 1. The van der Waals surface area contributed by atoms with E-state index in [0.29, 0.717) is 6.04 Å². The summed E-state index contributed by atoms with van der Waals surface area (Å²) in [6, 6.07) is 5.30. The molecule has 19 heavy (non-hydrogen) atoms. The molecule has 0 radical (unpaired) electrons. The topological polar surface area (TPSA) is 15.3 Å². The predicted molar refractivity (Wildman–Crippen MR) is 75.7 cm³/mol. The normalized spacial score (nSPS) is 26.9. The van der Waals surface area contributed by atoms with Crippen molar-refractivity contribution in [2.45, 2.75) is 51.7 Å². The van der Waals surface area contributed by atoms with Gasteiger partial charge in [-0.25, -0.2) is 4.39 Å². The third kappa shape index (κ3) is 2.54. The van der Waals surface area contributed by atoms with Crippen LogP contribution < -0.4 is 5.32 Å². The summed E-state index contributed by atoms with van der Waals surface area (Å²) in [5, 5.41) is 3.68. The highest BCUT2D eigenvalue weighted by atomic mass is 19.1. The zero-order valence-electron chi connectivity index (χ0n) is 11.9. The van der Waals surface area contributed by atoms with Crippen molar-refractivity contribution in [2.75, 3.05) is 13.1 Å². The summed E-state index contributed by atoms with van der Waals surface area (Å²) in [5.41, 5.74) is 2.71. The maximum atomic E-state index is 13.6. The molecular formula is C16H23FN2. The summed E-state index contributed by atoms with van der Waals surface area (Å²) in [7, 11) is 0. The molecule has 2 unspecified atom stereocenters. The molecule has 2 nitrogen and oxygen atoms in total. The van der Waals surface area contributed by atoms with Crippen LogP contribution in [-0.2, 0) is 6.54 Å². The van der Waals surface area contributed by atoms with Gasteiger partial charge in [0.2, 0.25) is 0 Å². The number of benzene rings is 1. The van der Waals surface area contributed by atoms with E-state index in [9.17, 15) is 4.39 Å². The first-order chi connectivity index (χ1) is 9.15. The fourth-order valence-corrected chi connectivity index (χ4v) is 3.71. The number of nitrogens with one attached hydrogen (secondary N) is 1. The summed E-state index contributed by atoms with van der Waals surface area (Å²) < 4.78 is 13.6. The molecule has 2 fully saturated rings. The summed E-state index contributed by atoms with van der Waals surface area (Å²) in [4.78, 5) is 2.61. The van der Waals surface area contributed by atoms with Gasteiger partial charge in [0.15, 0.2) is 0 Å². The predicted octanol–water partition coefficient (Wildman–Crippen LogP) is 2.77. The van der Waals surface area contributed by atoms with E-state index in [1.165, 1.54) is 37.9 Å². The number of rotatable bonds is 3. The Bertz CT molecular complexity index is 449. The van der Waals surface area contributed by atoms with Crippen molar-refractivity contribution < 1.29 is 4.39 Å². The van der Waals surface area contributed by atoms with Gasteiger partial charge in [0, 0.05) is 25.2 Å². The maximum absolute atomic E-state index is 13.6. The van der Waals surface area contributed by atoms with Gasteiger partial charge in [-0.1, -0.05) is 12.1 Å². The van der Waals surface area contributed by atoms with Crippen LogP contribution in [0.1, 0.15) is 36.0 Å². The molecule has 3 rings (SSSR count). The number of halogens is 1. The lowest BCUT2D eigenvalue weighted by molar-refractivity contribution is 0.298. The second-order valence-electron chi connectivity index (χ2n) is 6.07. The standard InChI is InChI=1S/C16H23FN2/c1-11-8-13(9-12(2)16(11)17)10-18-14-5-7-19-6-3-4-15(14)19/h8-9,14-15,18H,3-7,10H2,1-2H3. The van der Waals surface area contributed by atoms with Crippen LogP contribution in [0, 0.1) is 19.7 Å².